The average molecular weight is 253 g/mol. The molecule has 2 aliphatic rings. The van der Waals surface area contributed by atoms with E-state index in [-0.39, 0.29) is 17.2 Å². The Morgan fingerprint density at radius 3 is 2.22 bits per heavy atom. The number of rotatable bonds is 2. The zero-order valence-corrected chi connectivity index (χ0v) is 12.3. The van der Waals surface area contributed by atoms with Crippen molar-refractivity contribution in [3.8, 4) is 0 Å². The summed E-state index contributed by atoms with van der Waals surface area (Å²) in [5, 5.41) is 2.12. The summed E-state index contributed by atoms with van der Waals surface area (Å²) in [4.78, 5) is 18.1. The van der Waals surface area contributed by atoms with Gasteiger partial charge in [0.2, 0.25) is 0 Å². The van der Waals surface area contributed by atoms with Crippen molar-refractivity contribution < 1.29 is 9.63 Å². The van der Waals surface area contributed by atoms with Gasteiger partial charge in [0.15, 0.2) is 5.78 Å². The fraction of sp³-hybridized carbons (Fsp3) is 0.933. The highest BCUT2D eigenvalue weighted by Gasteiger charge is 2.44. The maximum atomic E-state index is 11.9. The first-order valence-corrected chi connectivity index (χ1v) is 7.33. The van der Waals surface area contributed by atoms with Crippen molar-refractivity contribution in [1.29, 1.82) is 0 Å². The van der Waals surface area contributed by atoms with E-state index in [4.69, 9.17) is 4.84 Å². The number of hydroxylamine groups is 2. The zero-order chi connectivity index (χ0) is 13.4. The summed E-state index contributed by atoms with van der Waals surface area (Å²) in [5.41, 5.74) is 0.0545. The maximum absolute atomic E-state index is 11.9. The number of piperidine rings is 1. The molecule has 1 atom stereocenters. The molecule has 2 rings (SSSR count). The minimum Gasteiger partial charge on any atom is -0.297 e. The maximum Gasteiger partial charge on any atom is 0.163 e. The second-order valence-electron chi connectivity index (χ2n) is 7.08. The van der Waals surface area contributed by atoms with Crippen LogP contribution in [0.3, 0.4) is 0 Å². The highest BCUT2D eigenvalue weighted by molar-refractivity contribution is 5.83. The van der Waals surface area contributed by atoms with Crippen LogP contribution in [0.25, 0.3) is 0 Å². The number of nitrogens with zero attached hydrogens (tertiary/aromatic N) is 1. The first-order chi connectivity index (χ1) is 8.33. The van der Waals surface area contributed by atoms with Crippen LogP contribution in [0.5, 0.6) is 0 Å². The van der Waals surface area contributed by atoms with E-state index in [9.17, 15) is 4.79 Å². The normalized spacial score (nSPS) is 32.4. The zero-order valence-electron chi connectivity index (χ0n) is 12.3. The number of hydrogen-bond acceptors (Lipinski definition) is 3. The van der Waals surface area contributed by atoms with Crippen molar-refractivity contribution in [3.63, 3.8) is 0 Å². The second-order valence-corrected chi connectivity index (χ2v) is 7.08. The predicted octanol–water partition coefficient (Wildman–Crippen LogP) is 3.47. The van der Waals surface area contributed by atoms with Gasteiger partial charge in [0.1, 0.15) is 6.10 Å². The van der Waals surface area contributed by atoms with E-state index in [1.54, 1.807) is 0 Å². The topological polar surface area (TPSA) is 29.5 Å². The monoisotopic (exact) mass is 253 g/mol. The van der Waals surface area contributed by atoms with Crippen molar-refractivity contribution in [1.82, 2.24) is 5.06 Å². The molecule has 1 heterocycles. The van der Waals surface area contributed by atoms with E-state index < -0.39 is 0 Å². The van der Waals surface area contributed by atoms with Crippen molar-refractivity contribution >= 4 is 5.78 Å². The average Bonchev–Trinajstić information content (AvgIpc) is 2.25. The van der Waals surface area contributed by atoms with E-state index in [0.29, 0.717) is 12.2 Å². The molecule has 0 aromatic rings. The highest BCUT2D eigenvalue weighted by atomic mass is 16.7. The lowest BCUT2D eigenvalue weighted by Crippen LogP contribution is -2.60. The summed E-state index contributed by atoms with van der Waals surface area (Å²) < 4.78 is 0. The van der Waals surface area contributed by atoms with Gasteiger partial charge in [-0.05, 0) is 66.2 Å². The van der Waals surface area contributed by atoms with Crippen LogP contribution < -0.4 is 0 Å². The second kappa shape index (κ2) is 4.93. The lowest BCUT2D eigenvalue weighted by atomic mass is 9.82. The van der Waals surface area contributed by atoms with E-state index >= 15 is 0 Å². The molecule has 1 saturated heterocycles. The molecule has 0 spiro atoms. The first-order valence-electron chi connectivity index (χ1n) is 7.33. The molecule has 1 unspecified atom stereocenters. The molecule has 0 N–H and O–H groups in total. The number of carbonyl (C=O) groups is 1. The predicted molar refractivity (Wildman–Crippen MR) is 72.2 cm³/mol. The number of carbonyl (C=O) groups excluding carboxylic acids is 1. The van der Waals surface area contributed by atoms with Gasteiger partial charge in [-0.2, -0.15) is 5.06 Å². The van der Waals surface area contributed by atoms with Gasteiger partial charge < -0.3 is 0 Å². The van der Waals surface area contributed by atoms with Gasteiger partial charge in [-0.15, -0.1) is 0 Å². The minimum atomic E-state index is -0.199. The van der Waals surface area contributed by atoms with E-state index in [0.717, 1.165) is 32.1 Å². The molecule has 1 saturated carbocycles. The molecule has 18 heavy (non-hydrogen) atoms. The Morgan fingerprint density at radius 1 is 1.06 bits per heavy atom. The van der Waals surface area contributed by atoms with Crippen molar-refractivity contribution in [2.75, 3.05) is 0 Å². The smallest absolute Gasteiger partial charge is 0.163 e. The summed E-state index contributed by atoms with van der Waals surface area (Å²) in [7, 11) is 0. The van der Waals surface area contributed by atoms with Crippen LogP contribution in [-0.4, -0.2) is 28.0 Å². The Labute approximate surface area is 111 Å². The lowest BCUT2D eigenvalue weighted by Gasteiger charge is -2.52. The summed E-state index contributed by atoms with van der Waals surface area (Å²) in [6, 6.07) is 0. The van der Waals surface area contributed by atoms with Crippen LogP contribution in [0, 0.1) is 0 Å². The molecule has 0 bridgehead atoms. The highest BCUT2D eigenvalue weighted by Crippen LogP contribution is 2.39. The fourth-order valence-corrected chi connectivity index (χ4v) is 3.45. The van der Waals surface area contributed by atoms with Gasteiger partial charge in [-0.3, -0.25) is 9.63 Å². The van der Waals surface area contributed by atoms with Crippen molar-refractivity contribution in [2.24, 2.45) is 0 Å². The van der Waals surface area contributed by atoms with E-state index in [2.05, 4.69) is 32.8 Å². The Bertz CT molecular complexity index is 306. The molecule has 0 aromatic heterocycles. The SMILES string of the molecule is CC1(C)CCCC(C)(C)N1OC1CCCCC1=O. The van der Waals surface area contributed by atoms with Gasteiger partial charge in [-0.1, -0.05) is 0 Å². The summed E-state index contributed by atoms with van der Waals surface area (Å²) in [6.07, 6.45) is 7.04. The van der Waals surface area contributed by atoms with Gasteiger partial charge in [-0.25, -0.2) is 0 Å². The summed E-state index contributed by atoms with van der Waals surface area (Å²) >= 11 is 0. The third-order valence-corrected chi connectivity index (χ3v) is 4.41. The van der Waals surface area contributed by atoms with Crippen LogP contribution >= 0.6 is 0 Å². The largest absolute Gasteiger partial charge is 0.297 e. The molecule has 3 heteroatoms. The van der Waals surface area contributed by atoms with E-state index in [1.165, 1.54) is 6.42 Å². The summed E-state index contributed by atoms with van der Waals surface area (Å²) in [5.74, 6) is 0.290. The molecule has 3 nitrogen and oxygen atoms in total. The van der Waals surface area contributed by atoms with Gasteiger partial charge in [0.05, 0.1) is 0 Å². The molecule has 2 fully saturated rings. The number of Topliss-reactive ketones (excluding diaryl/α,β-unsaturated/α-hetero) is 1. The quantitative estimate of drug-likeness (QED) is 0.754. The lowest BCUT2D eigenvalue weighted by molar-refractivity contribution is -0.300. The van der Waals surface area contributed by atoms with Crippen molar-refractivity contribution in [2.45, 2.75) is 89.8 Å². The molecule has 0 radical (unpaired) electrons. The van der Waals surface area contributed by atoms with Crippen LogP contribution in [0.2, 0.25) is 0 Å². The Balaban J connectivity index is 2.11. The third-order valence-electron chi connectivity index (χ3n) is 4.41. The Kier molecular flexibility index (Phi) is 3.84. The molecular formula is C15H27NO2. The molecule has 1 aliphatic carbocycles. The standard InChI is InChI=1S/C15H27NO2/c1-14(2)10-7-11-15(3,4)16(14)18-13-9-6-5-8-12(13)17/h13H,5-11H2,1-4H3. The molecule has 0 aromatic carbocycles. The minimum absolute atomic E-state index is 0.0273. The fourth-order valence-electron chi connectivity index (χ4n) is 3.45. The van der Waals surface area contributed by atoms with Crippen LogP contribution in [0.15, 0.2) is 0 Å². The van der Waals surface area contributed by atoms with Crippen LogP contribution in [0.1, 0.15) is 72.6 Å². The molecule has 104 valence electrons. The van der Waals surface area contributed by atoms with Gasteiger partial charge >= 0.3 is 0 Å². The summed E-state index contributed by atoms with van der Waals surface area (Å²) in [6.45, 7) is 8.89. The van der Waals surface area contributed by atoms with Crippen molar-refractivity contribution in [3.05, 3.63) is 0 Å². The first kappa shape index (κ1) is 14.0. The molecule has 1 aliphatic heterocycles. The Morgan fingerprint density at radius 2 is 1.67 bits per heavy atom. The van der Waals surface area contributed by atoms with Crippen LogP contribution in [0.4, 0.5) is 0 Å². The molecule has 0 amide bonds. The molecular weight excluding hydrogens is 226 g/mol. The number of ketones is 1. The Hall–Kier alpha value is -0.410. The van der Waals surface area contributed by atoms with Gasteiger partial charge in [0, 0.05) is 17.5 Å². The third kappa shape index (κ3) is 2.77. The van der Waals surface area contributed by atoms with Crippen LogP contribution in [-0.2, 0) is 9.63 Å². The number of hydrogen-bond donors (Lipinski definition) is 0. The van der Waals surface area contributed by atoms with Gasteiger partial charge in [0.25, 0.3) is 0 Å². The van der Waals surface area contributed by atoms with E-state index in [1.807, 2.05) is 0 Å².